The Hall–Kier alpha value is -1.40. The molecular formula is C10H15N3O3. The molecule has 0 saturated carbocycles. The number of aryl methyl sites for hydroxylation is 1. The number of rotatable bonds is 3. The molecule has 2 N–H and O–H groups in total. The van der Waals surface area contributed by atoms with E-state index in [1.54, 1.807) is 0 Å². The predicted octanol–water partition coefficient (Wildman–Crippen LogP) is -0.159. The van der Waals surface area contributed by atoms with E-state index in [0.29, 0.717) is 25.4 Å². The molecule has 0 aliphatic carbocycles. The van der Waals surface area contributed by atoms with Gasteiger partial charge in [0.15, 0.2) is 5.76 Å². The third-order valence-corrected chi connectivity index (χ3v) is 2.68. The Kier molecular flexibility index (Phi) is 3.21. The molecule has 1 aromatic rings. The number of aliphatic carboxylic acids is 1. The molecule has 1 atom stereocenters. The Labute approximate surface area is 93.2 Å². The lowest BCUT2D eigenvalue weighted by Crippen LogP contribution is -2.54. The van der Waals surface area contributed by atoms with Crippen molar-refractivity contribution in [3.8, 4) is 0 Å². The smallest absolute Gasteiger partial charge is 0.322 e. The van der Waals surface area contributed by atoms with E-state index in [9.17, 15) is 4.79 Å². The van der Waals surface area contributed by atoms with Gasteiger partial charge in [-0.3, -0.25) is 9.69 Å². The minimum atomic E-state index is -0.802. The molecule has 0 bridgehead atoms. The molecule has 88 valence electrons. The first kappa shape index (κ1) is 11.1. The summed E-state index contributed by atoms with van der Waals surface area (Å²) in [4.78, 5) is 12.9. The van der Waals surface area contributed by atoms with Crippen LogP contribution in [0.25, 0.3) is 0 Å². The number of carbonyl (C=O) groups is 1. The van der Waals surface area contributed by atoms with Crippen molar-refractivity contribution in [2.24, 2.45) is 0 Å². The molecule has 6 nitrogen and oxygen atoms in total. The third-order valence-electron chi connectivity index (χ3n) is 2.68. The van der Waals surface area contributed by atoms with Crippen molar-refractivity contribution < 1.29 is 14.4 Å². The second kappa shape index (κ2) is 4.63. The van der Waals surface area contributed by atoms with Crippen LogP contribution in [0, 0.1) is 6.92 Å². The van der Waals surface area contributed by atoms with E-state index in [1.165, 1.54) is 0 Å². The monoisotopic (exact) mass is 225 g/mol. The molecular weight excluding hydrogens is 210 g/mol. The highest BCUT2D eigenvalue weighted by atomic mass is 16.5. The molecule has 0 radical (unpaired) electrons. The zero-order valence-electron chi connectivity index (χ0n) is 9.14. The summed E-state index contributed by atoms with van der Waals surface area (Å²) in [5, 5.41) is 15.9. The van der Waals surface area contributed by atoms with Crippen LogP contribution in [0.15, 0.2) is 10.6 Å². The fraction of sp³-hybridized carbons (Fsp3) is 0.600. The first-order chi connectivity index (χ1) is 7.66. The molecule has 16 heavy (non-hydrogen) atoms. The van der Waals surface area contributed by atoms with E-state index < -0.39 is 12.0 Å². The summed E-state index contributed by atoms with van der Waals surface area (Å²) in [6.45, 7) is 4.33. The fourth-order valence-electron chi connectivity index (χ4n) is 1.87. The highest BCUT2D eigenvalue weighted by molar-refractivity contribution is 5.73. The van der Waals surface area contributed by atoms with Crippen molar-refractivity contribution in [2.75, 3.05) is 19.6 Å². The molecule has 1 aliphatic heterocycles. The first-order valence-electron chi connectivity index (χ1n) is 5.26. The number of carboxylic acid groups (broad SMARTS) is 1. The Morgan fingerprint density at radius 1 is 1.81 bits per heavy atom. The number of nitrogens with zero attached hydrogens (tertiary/aromatic N) is 2. The number of piperazine rings is 1. The van der Waals surface area contributed by atoms with Gasteiger partial charge in [0, 0.05) is 25.7 Å². The molecule has 6 heteroatoms. The van der Waals surface area contributed by atoms with Gasteiger partial charge < -0.3 is 14.9 Å². The van der Waals surface area contributed by atoms with Crippen molar-refractivity contribution in [3.05, 3.63) is 17.5 Å². The van der Waals surface area contributed by atoms with Gasteiger partial charge in [-0.05, 0) is 6.92 Å². The van der Waals surface area contributed by atoms with Crippen molar-refractivity contribution in [3.63, 3.8) is 0 Å². The van der Waals surface area contributed by atoms with Crippen LogP contribution in [0.3, 0.4) is 0 Å². The lowest BCUT2D eigenvalue weighted by atomic mass is 10.2. The normalized spacial score (nSPS) is 22.2. The molecule has 0 spiro atoms. The minimum Gasteiger partial charge on any atom is -0.480 e. The van der Waals surface area contributed by atoms with Crippen molar-refractivity contribution >= 4 is 5.97 Å². The highest BCUT2D eigenvalue weighted by Crippen LogP contribution is 2.11. The van der Waals surface area contributed by atoms with Crippen LogP contribution in [0.1, 0.15) is 11.5 Å². The van der Waals surface area contributed by atoms with Crippen LogP contribution in [0.2, 0.25) is 0 Å². The van der Waals surface area contributed by atoms with Gasteiger partial charge in [-0.25, -0.2) is 0 Å². The summed E-state index contributed by atoms with van der Waals surface area (Å²) in [7, 11) is 0. The molecule has 0 aromatic carbocycles. The van der Waals surface area contributed by atoms with Crippen molar-refractivity contribution in [1.82, 2.24) is 15.4 Å². The summed E-state index contributed by atoms with van der Waals surface area (Å²) >= 11 is 0. The maximum absolute atomic E-state index is 11.0. The summed E-state index contributed by atoms with van der Waals surface area (Å²) in [6.07, 6.45) is 0. The lowest BCUT2D eigenvalue weighted by Gasteiger charge is -2.32. The third kappa shape index (κ3) is 2.40. The Bertz CT molecular complexity index is 377. The number of hydrogen-bond acceptors (Lipinski definition) is 5. The summed E-state index contributed by atoms with van der Waals surface area (Å²) in [6, 6.07) is 1.35. The molecule has 0 amide bonds. The van der Waals surface area contributed by atoms with Gasteiger partial charge in [0.2, 0.25) is 0 Å². The molecule has 2 heterocycles. The Morgan fingerprint density at radius 3 is 3.25 bits per heavy atom. The SMILES string of the molecule is Cc1cc(CN2CCNCC2C(=O)O)on1. The summed E-state index contributed by atoms with van der Waals surface area (Å²) < 4.78 is 5.09. The lowest BCUT2D eigenvalue weighted by molar-refractivity contribution is -0.144. The molecule has 2 rings (SSSR count). The largest absolute Gasteiger partial charge is 0.480 e. The van der Waals surface area contributed by atoms with Crippen molar-refractivity contribution in [2.45, 2.75) is 19.5 Å². The van der Waals surface area contributed by atoms with E-state index in [2.05, 4.69) is 10.5 Å². The van der Waals surface area contributed by atoms with Crippen LogP contribution in [-0.2, 0) is 11.3 Å². The van der Waals surface area contributed by atoms with Gasteiger partial charge >= 0.3 is 5.97 Å². The second-order valence-corrected chi connectivity index (χ2v) is 3.96. The van der Waals surface area contributed by atoms with E-state index in [-0.39, 0.29) is 0 Å². The van der Waals surface area contributed by atoms with Crippen LogP contribution in [0.4, 0.5) is 0 Å². The number of carboxylic acids is 1. The fourth-order valence-corrected chi connectivity index (χ4v) is 1.87. The maximum atomic E-state index is 11.0. The number of nitrogens with one attached hydrogen (secondary N) is 1. The highest BCUT2D eigenvalue weighted by Gasteiger charge is 2.28. The standard InChI is InChI=1S/C10H15N3O3/c1-7-4-8(16-12-7)6-13-3-2-11-5-9(13)10(14)15/h4,9,11H,2-3,5-6H2,1H3,(H,14,15). The first-order valence-corrected chi connectivity index (χ1v) is 5.26. The van der Waals surface area contributed by atoms with Crippen LogP contribution < -0.4 is 5.32 Å². The average molecular weight is 225 g/mol. The topological polar surface area (TPSA) is 78.6 Å². The second-order valence-electron chi connectivity index (χ2n) is 3.96. The van der Waals surface area contributed by atoms with E-state index in [1.807, 2.05) is 17.9 Å². The Balaban J connectivity index is 2.03. The molecule has 1 unspecified atom stereocenters. The van der Waals surface area contributed by atoms with Crippen molar-refractivity contribution in [1.29, 1.82) is 0 Å². The van der Waals surface area contributed by atoms with E-state index in [4.69, 9.17) is 9.63 Å². The zero-order valence-corrected chi connectivity index (χ0v) is 9.14. The van der Waals surface area contributed by atoms with Gasteiger partial charge in [0.25, 0.3) is 0 Å². The van der Waals surface area contributed by atoms with Gasteiger partial charge in [-0.15, -0.1) is 0 Å². The van der Waals surface area contributed by atoms with Gasteiger partial charge in [-0.1, -0.05) is 5.16 Å². The van der Waals surface area contributed by atoms with Gasteiger partial charge in [0.1, 0.15) is 6.04 Å². The summed E-state index contributed by atoms with van der Waals surface area (Å²) in [5.41, 5.74) is 0.817. The molecule has 1 aromatic heterocycles. The molecule has 1 saturated heterocycles. The van der Waals surface area contributed by atoms with E-state index in [0.717, 1.165) is 12.2 Å². The quantitative estimate of drug-likeness (QED) is 0.744. The zero-order chi connectivity index (χ0) is 11.5. The predicted molar refractivity (Wildman–Crippen MR) is 55.9 cm³/mol. The Morgan fingerprint density at radius 2 is 2.62 bits per heavy atom. The van der Waals surface area contributed by atoms with Gasteiger partial charge in [-0.2, -0.15) is 0 Å². The molecule has 1 fully saturated rings. The minimum absolute atomic E-state index is 0.475. The van der Waals surface area contributed by atoms with Crippen LogP contribution in [0.5, 0.6) is 0 Å². The number of hydrogen-bond donors (Lipinski definition) is 2. The summed E-state index contributed by atoms with van der Waals surface area (Å²) in [5.74, 6) is -0.0888. The number of aromatic nitrogens is 1. The maximum Gasteiger partial charge on any atom is 0.322 e. The van der Waals surface area contributed by atoms with Crippen LogP contribution >= 0.6 is 0 Å². The van der Waals surface area contributed by atoms with E-state index >= 15 is 0 Å². The van der Waals surface area contributed by atoms with Gasteiger partial charge in [0.05, 0.1) is 12.2 Å². The van der Waals surface area contributed by atoms with Crippen LogP contribution in [-0.4, -0.2) is 46.8 Å². The average Bonchev–Trinajstić information content (AvgIpc) is 2.64. The molecule has 1 aliphatic rings.